The van der Waals surface area contributed by atoms with E-state index >= 15 is 0 Å². The number of carboxylic acid groups (broad SMARTS) is 1. The summed E-state index contributed by atoms with van der Waals surface area (Å²) in [4.78, 5) is 20.9. The number of hydrogen-bond acceptors (Lipinski definition) is 5. The molecule has 0 saturated heterocycles. The van der Waals surface area contributed by atoms with Crippen LogP contribution >= 0.6 is 0 Å². The lowest BCUT2D eigenvalue weighted by atomic mass is 10.2. The average Bonchev–Trinajstić information content (AvgIpc) is 2.15. The van der Waals surface area contributed by atoms with Gasteiger partial charge in [-0.1, -0.05) is 19.8 Å². The van der Waals surface area contributed by atoms with Gasteiger partial charge >= 0.3 is 5.97 Å². The zero-order chi connectivity index (χ0) is 11.7. The van der Waals surface area contributed by atoms with Crippen molar-refractivity contribution in [3.05, 3.63) is 0 Å². The van der Waals surface area contributed by atoms with Gasteiger partial charge in [-0.25, -0.2) is 0 Å². The molecular formula is C10H17O5-. The van der Waals surface area contributed by atoms with Crippen molar-refractivity contribution in [3.8, 4) is 0 Å². The third kappa shape index (κ3) is 9.21. The Kier molecular flexibility index (Phi) is 7.62. The van der Waals surface area contributed by atoms with Crippen LogP contribution in [0.2, 0.25) is 0 Å². The van der Waals surface area contributed by atoms with E-state index in [0.717, 1.165) is 19.3 Å². The molecule has 1 N–H and O–H groups in total. The Morgan fingerprint density at radius 1 is 1.33 bits per heavy atom. The number of carbonyl (C=O) groups is 2. The van der Waals surface area contributed by atoms with Crippen molar-refractivity contribution in [2.45, 2.75) is 51.7 Å². The molecule has 0 rings (SSSR count). The zero-order valence-corrected chi connectivity index (χ0v) is 8.90. The van der Waals surface area contributed by atoms with Crippen LogP contribution in [0.4, 0.5) is 0 Å². The Hall–Kier alpha value is -1.10. The summed E-state index contributed by atoms with van der Waals surface area (Å²) in [5.74, 6) is -2.00. The zero-order valence-electron chi connectivity index (χ0n) is 8.90. The van der Waals surface area contributed by atoms with Crippen molar-refractivity contribution < 1.29 is 24.5 Å². The van der Waals surface area contributed by atoms with Crippen molar-refractivity contribution in [1.82, 2.24) is 0 Å². The molecule has 1 unspecified atom stereocenters. The van der Waals surface area contributed by atoms with Crippen LogP contribution in [0.3, 0.4) is 0 Å². The number of esters is 1. The van der Waals surface area contributed by atoms with E-state index in [1.807, 2.05) is 6.92 Å². The first-order valence-corrected chi connectivity index (χ1v) is 5.13. The van der Waals surface area contributed by atoms with Crippen LogP contribution in [0.1, 0.15) is 45.4 Å². The van der Waals surface area contributed by atoms with Gasteiger partial charge in [0, 0.05) is 12.4 Å². The Balaban J connectivity index is 3.53. The highest BCUT2D eigenvalue weighted by Gasteiger charge is 2.10. The fraction of sp³-hybridized carbons (Fsp3) is 0.800. The minimum atomic E-state index is -1.30. The van der Waals surface area contributed by atoms with Crippen molar-refractivity contribution in [2.24, 2.45) is 0 Å². The Morgan fingerprint density at radius 3 is 2.53 bits per heavy atom. The molecule has 88 valence electrons. The summed E-state index contributed by atoms with van der Waals surface area (Å²) >= 11 is 0. The van der Waals surface area contributed by atoms with Gasteiger partial charge in [0.2, 0.25) is 6.29 Å². The van der Waals surface area contributed by atoms with Crippen molar-refractivity contribution in [2.75, 3.05) is 0 Å². The standard InChI is InChI=1S/C10H18O5/c1-2-3-4-5-9(13)15-10(14)7-6-8(11)12/h9,13H,2-7H2,1H3,(H,11,12)/p-1. The molecule has 0 amide bonds. The van der Waals surface area contributed by atoms with Gasteiger partial charge < -0.3 is 19.7 Å². The second kappa shape index (κ2) is 8.23. The van der Waals surface area contributed by atoms with Gasteiger partial charge in [0.05, 0.1) is 6.42 Å². The number of carboxylic acids is 1. The number of aliphatic carboxylic acids is 1. The maximum atomic E-state index is 10.9. The summed E-state index contributed by atoms with van der Waals surface area (Å²) in [6.07, 6.45) is 1.41. The normalized spacial score (nSPS) is 12.1. The Labute approximate surface area is 89.0 Å². The van der Waals surface area contributed by atoms with E-state index in [1.54, 1.807) is 0 Å². The molecular weight excluding hydrogens is 200 g/mol. The van der Waals surface area contributed by atoms with E-state index in [2.05, 4.69) is 4.74 Å². The lowest BCUT2D eigenvalue weighted by molar-refractivity contribution is -0.305. The molecule has 0 radical (unpaired) electrons. The van der Waals surface area contributed by atoms with Gasteiger partial charge in [0.1, 0.15) is 0 Å². The van der Waals surface area contributed by atoms with Gasteiger partial charge in [-0.3, -0.25) is 4.79 Å². The maximum Gasteiger partial charge on any atom is 0.308 e. The van der Waals surface area contributed by atoms with Crippen LogP contribution in [0.5, 0.6) is 0 Å². The average molecular weight is 217 g/mol. The second-order valence-electron chi connectivity index (χ2n) is 3.31. The summed E-state index contributed by atoms with van der Waals surface area (Å²) < 4.78 is 4.57. The van der Waals surface area contributed by atoms with E-state index in [9.17, 15) is 19.8 Å². The number of aliphatic hydroxyl groups excluding tert-OH is 1. The Morgan fingerprint density at radius 2 is 2.00 bits per heavy atom. The molecule has 0 aliphatic rings. The second-order valence-corrected chi connectivity index (χ2v) is 3.31. The van der Waals surface area contributed by atoms with Crippen LogP contribution in [-0.2, 0) is 14.3 Å². The third-order valence-electron chi connectivity index (χ3n) is 1.86. The molecule has 0 aliphatic carbocycles. The molecule has 0 aromatic heterocycles. The van der Waals surface area contributed by atoms with Crippen LogP contribution in [0.15, 0.2) is 0 Å². The molecule has 1 atom stereocenters. The maximum absolute atomic E-state index is 10.9. The van der Waals surface area contributed by atoms with Gasteiger partial charge in [-0.2, -0.15) is 0 Å². The topological polar surface area (TPSA) is 86.7 Å². The predicted molar refractivity (Wildman–Crippen MR) is 50.5 cm³/mol. The predicted octanol–water partition coefficient (Wildman–Crippen LogP) is -0.0416. The highest BCUT2D eigenvalue weighted by atomic mass is 16.6. The van der Waals surface area contributed by atoms with Crippen LogP contribution in [0.25, 0.3) is 0 Å². The van der Waals surface area contributed by atoms with Gasteiger partial charge in [0.15, 0.2) is 0 Å². The molecule has 0 spiro atoms. The molecule has 0 heterocycles. The third-order valence-corrected chi connectivity index (χ3v) is 1.86. The quantitative estimate of drug-likeness (QED) is 0.350. The van der Waals surface area contributed by atoms with Crippen LogP contribution < -0.4 is 5.11 Å². The van der Waals surface area contributed by atoms with Gasteiger partial charge in [-0.15, -0.1) is 0 Å². The molecule has 5 heteroatoms. The summed E-state index contributed by atoms with van der Waals surface area (Å²) in [6, 6.07) is 0. The summed E-state index contributed by atoms with van der Waals surface area (Å²) in [5.41, 5.74) is 0. The SMILES string of the molecule is CCCCCC(O)OC(=O)CCC(=O)[O-]. The number of carbonyl (C=O) groups excluding carboxylic acids is 2. The minimum Gasteiger partial charge on any atom is -0.550 e. The first-order chi connectivity index (χ1) is 7.06. The van der Waals surface area contributed by atoms with E-state index in [4.69, 9.17) is 0 Å². The monoisotopic (exact) mass is 217 g/mol. The van der Waals surface area contributed by atoms with Gasteiger partial charge in [-0.05, 0) is 12.8 Å². The van der Waals surface area contributed by atoms with Gasteiger partial charge in [0.25, 0.3) is 0 Å². The highest BCUT2D eigenvalue weighted by Crippen LogP contribution is 2.05. The minimum absolute atomic E-state index is 0.257. The lowest BCUT2D eigenvalue weighted by Gasteiger charge is -2.11. The summed E-state index contributed by atoms with van der Waals surface area (Å²) in [6.45, 7) is 2.03. The molecule has 15 heavy (non-hydrogen) atoms. The van der Waals surface area contributed by atoms with E-state index < -0.39 is 18.2 Å². The lowest BCUT2D eigenvalue weighted by Crippen LogP contribution is -2.24. The molecule has 0 saturated carbocycles. The Bertz CT molecular complexity index is 202. The molecule has 0 bridgehead atoms. The van der Waals surface area contributed by atoms with Crippen molar-refractivity contribution in [3.63, 3.8) is 0 Å². The number of hydrogen-bond donors (Lipinski definition) is 1. The number of rotatable bonds is 8. The van der Waals surface area contributed by atoms with Crippen molar-refractivity contribution in [1.29, 1.82) is 0 Å². The molecule has 0 aliphatic heterocycles. The van der Waals surface area contributed by atoms with E-state index in [-0.39, 0.29) is 12.8 Å². The highest BCUT2D eigenvalue weighted by molar-refractivity contribution is 5.75. The summed E-state index contributed by atoms with van der Waals surface area (Å²) in [5, 5.41) is 19.2. The molecule has 0 aromatic rings. The van der Waals surface area contributed by atoms with E-state index in [0.29, 0.717) is 6.42 Å². The molecule has 0 fully saturated rings. The van der Waals surface area contributed by atoms with Crippen LogP contribution in [-0.4, -0.2) is 23.3 Å². The first kappa shape index (κ1) is 13.9. The first-order valence-electron chi connectivity index (χ1n) is 5.13. The number of unbranched alkanes of at least 4 members (excludes halogenated alkanes) is 2. The number of aliphatic hydroxyl groups is 1. The fourth-order valence-electron chi connectivity index (χ4n) is 1.04. The summed E-state index contributed by atoms with van der Waals surface area (Å²) in [7, 11) is 0. The fourth-order valence-corrected chi connectivity index (χ4v) is 1.04. The molecule has 5 nitrogen and oxygen atoms in total. The van der Waals surface area contributed by atoms with E-state index in [1.165, 1.54) is 0 Å². The number of ether oxygens (including phenoxy) is 1. The smallest absolute Gasteiger partial charge is 0.308 e. The molecule has 0 aromatic carbocycles. The van der Waals surface area contributed by atoms with Crippen LogP contribution in [0, 0.1) is 0 Å². The largest absolute Gasteiger partial charge is 0.550 e. The van der Waals surface area contributed by atoms with Crippen molar-refractivity contribution >= 4 is 11.9 Å².